The lowest BCUT2D eigenvalue weighted by Crippen LogP contribution is -2.16. The van der Waals surface area contributed by atoms with Gasteiger partial charge in [-0.15, -0.1) is 11.3 Å². The van der Waals surface area contributed by atoms with Gasteiger partial charge in [0, 0.05) is 87.2 Å². The molecule has 0 saturated carbocycles. The van der Waals surface area contributed by atoms with Crippen LogP contribution in [-0.2, 0) is 42.9 Å². The number of methoxy groups -OCH3 is 4. The smallest absolute Gasteiger partial charge is 0.247 e. The molecule has 1 aliphatic heterocycles. The number of pyridine rings is 2. The highest BCUT2D eigenvalue weighted by atomic mass is 32.1. The largest absolute Gasteiger partial charge is 0.494 e. The number of amides is 2. The van der Waals surface area contributed by atoms with Crippen LogP contribution in [0, 0.1) is 23.3 Å². The van der Waals surface area contributed by atoms with Crippen LogP contribution in [0.3, 0.4) is 0 Å². The lowest BCUT2D eigenvalue weighted by molar-refractivity contribution is -0.112. The SMILES string of the molecule is C=CC(=O)Nc1cn(C)nc1Cc1cc2c(cn1)CC(C(O)c1c(F)c(OC)cc(OC)c1F)=N2.C=CC(=O)Nc1cn(C)nc1Cc1cc2nc(C(O)c3c(F)c(OC)cc(OC)c3F)sc2cn1. The van der Waals surface area contributed by atoms with Gasteiger partial charge in [0.1, 0.15) is 17.2 Å². The fourth-order valence-corrected chi connectivity index (χ4v) is 8.25. The van der Waals surface area contributed by atoms with Gasteiger partial charge in [0.25, 0.3) is 0 Å². The second-order valence-electron chi connectivity index (χ2n) is 15.3. The van der Waals surface area contributed by atoms with E-state index in [0.29, 0.717) is 62.0 Å². The van der Waals surface area contributed by atoms with Crippen molar-refractivity contribution >= 4 is 56.1 Å². The Hall–Kier alpha value is -8.02. The maximum atomic E-state index is 14.9. The molecule has 7 aromatic rings. The van der Waals surface area contributed by atoms with E-state index in [1.54, 1.807) is 60.4 Å². The number of aromatic nitrogens is 7. The Morgan fingerprint density at radius 1 is 0.729 bits per heavy atom. The number of anilines is 2. The zero-order valence-electron chi connectivity index (χ0n) is 38.3. The molecule has 2 atom stereocenters. The number of hydrogen-bond acceptors (Lipinski definition) is 15. The Bertz CT molecular complexity index is 3150. The van der Waals surface area contributed by atoms with Crippen LogP contribution in [0.2, 0.25) is 0 Å². The number of benzene rings is 2. The van der Waals surface area contributed by atoms with E-state index in [1.165, 1.54) is 28.4 Å². The lowest BCUT2D eigenvalue weighted by Gasteiger charge is -2.17. The van der Waals surface area contributed by atoms with Crippen LogP contribution in [0.15, 0.2) is 79.4 Å². The Morgan fingerprint density at radius 2 is 1.19 bits per heavy atom. The van der Waals surface area contributed by atoms with Crippen molar-refractivity contribution in [2.75, 3.05) is 39.1 Å². The first-order valence-electron chi connectivity index (χ1n) is 20.8. The molecule has 0 saturated heterocycles. The molecule has 23 heteroatoms. The molecule has 4 N–H and O–H groups in total. The van der Waals surface area contributed by atoms with E-state index in [2.05, 4.69) is 53.9 Å². The van der Waals surface area contributed by atoms with Gasteiger partial charge in [-0.2, -0.15) is 10.2 Å². The van der Waals surface area contributed by atoms with Gasteiger partial charge in [0.2, 0.25) is 11.8 Å². The van der Waals surface area contributed by atoms with Gasteiger partial charge in [0.05, 0.1) is 83.9 Å². The van der Waals surface area contributed by atoms with Crippen LogP contribution in [0.25, 0.3) is 10.2 Å². The molecular formula is C47H44F4N10O8S. The molecule has 0 radical (unpaired) electrons. The molecule has 0 spiro atoms. The van der Waals surface area contributed by atoms with Crippen molar-refractivity contribution in [3.63, 3.8) is 0 Å². The van der Waals surface area contributed by atoms with Gasteiger partial charge >= 0.3 is 0 Å². The minimum Gasteiger partial charge on any atom is -0.494 e. The minimum atomic E-state index is -1.70. The standard InChI is InChI=1S/C24H23F2N5O4.C23H21F2N5O4S/c1-5-20(32)29-17-11-31(2)30-15(17)8-13-7-14-12(10-27-13)6-16(28-14)24(33)21-22(25)18(34-3)9-19(35-4)23(21)26;1-5-18(31)27-14-10-30(2)29-12(14)6-11-7-13-17(9-26-11)35-23(28-13)22(32)19-20(24)15(33-3)8-16(34-4)21(19)25/h5,7,9-11,24,33H,1,6,8H2,2-4H3,(H,29,32);5,7-10,22,32H,1,6H2,2-4H3,(H,27,31). The highest BCUT2D eigenvalue weighted by molar-refractivity contribution is 7.18. The van der Waals surface area contributed by atoms with Crippen LogP contribution in [-0.4, -0.2) is 90.7 Å². The van der Waals surface area contributed by atoms with Crippen LogP contribution >= 0.6 is 11.3 Å². The highest BCUT2D eigenvalue weighted by Gasteiger charge is 2.32. The van der Waals surface area contributed by atoms with E-state index >= 15 is 0 Å². The Balaban J connectivity index is 0.000000206. The summed E-state index contributed by atoms with van der Waals surface area (Å²) in [6.45, 7) is 6.88. The number of aliphatic imine (C=N–C) groups is 1. The van der Waals surface area contributed by atoms with E-state index in [4.69, 9.17) is 18.9 Å². The van der Waals surface area contributed by atoms with E-state index in [0.717, 1.165) is 35.6 Å². The number of nitrogens with zero attached hydrogens (tertiary/aromatic N) is 8. The third-order valence-corrected chi connectivity index (χ3v) is 11.8. The van der Waals surface area contributed by atoms with E-state index in [9.17, 15) is 37.4 Å². The molecule has 5 aromatic heterocycles. The van der Waals surface area contributed by atoms with Gasteiger partial charge in [-0.25, -0.2) is 22.5 Å². The minimum absolute atomic E-state index is 0.0730. The lowest BCUT2D eigenvalue weighted by atomic mass is 9.99. The number of carbonyl (C=O) groups is 2. The Morgan fingerprint density at radius 3 is 1.66 bits per heavy atom. The first-order chi connectivity index (χ1) is 33.5. The number of fused-ring (bicyclic) bond motifs is 2. The number of carbonyl (C=O) groups excluding carboxylic acids is 2. The van der Waals surface area contributed by atoms with Crippen molar-refractivity contribution in [2.45, 2.75) is 31.5 Å². The first-order valence-corrected chi connectivity index (χ1v) is 21.6. The zero-order chi connectivity index (χ0) is 50.6. The summed E-state index contributed by atoms with van der Waals surface area (Å²) in [6, 6.07) is 5.54. The van der Waals surface area contributed by atoms with E-state index < -0.39 is 46.6 Å². The number of aliphatic hydroxyl groups excluding tert-OH is 2. The fraction of sp³-hybridized carbons (Fsp3) is 0.234. The molecule has 0 fully saturated rings. The molecule has 6 heterocycles. The number of thiazole rings is 1. The quantitative estimate of drug-likeness (QED) is 0.0585. The summed E-state index contributed by atoms with van der Waals surface area (Å²) in [5, 5.41) is 35.9. The van der Waals surface area contributed by atoms with Crippen molar-refractivity contribution in [1.29, 1.82) is 0 Å². The normalized spacial score (nSPS) is 12.5. The second-order valence-corrected chi connectivity index (χ2v) is 16.4. The molecule has 1 aliphatic rings. The van der Waals surface area contributed by atoms with Crippen molar-refractivity contribution in [2.24, 2.45) is 19.1 Å². The number of rotatable bonds is 16. The van der Waals surface area contributed by atoms with E-state index in [-0.39, 0.29) is 58.4 Å². The summed E-state index contributed by atoms with van der Waals surface area (Å²) in [7, 11) is 8.38. The van der Waals surface area contributed by atoms with Gasteiger partial charge in [-0.3, -0.25) is 33.9 Å². The zero-order valence-corrected chi connectivity index (χ0v) is 39.1. The summed E-state index contributed by atoms with van der Waals surface area (Å²) in [6.07, 6.45) is 6.19. The first kappa shape index (κ1) is 49.9. The fourth-order valence-electron chi connectivity index (χ4n) is 7.34. The highest BCUT2D eigenvalue weighted by Crippen LogP contribution is 2.41. The number of halogens is 4. The number of nitrogens with one attached hydrogen (secondary N) is 2. The van der Waals surface area contributed by atoms with Crippen molar-refractivity contribution in [3.8, 4) is 23.0 Å². The average molecular weight is 985 g/mol. The van der Waals surface area contributed by atoms with Crippen molar-refractivity contribution in [3.05, 3.63) is 142 Å². The maximum Gasteiger partial charge on any atom is 0.247 e. The predicted octanol–water partition coefficient (Wildman–Crippen LogP) is 6.71. The molecule has 2 amide bonds. The summed E-state index contributed by atoms with van der Waals surface area (Å²) in [5.41, 5.74) is 4.05. The maximum absolute atomic E-state index is 14.9. The summed E-state index contributed by atoms with van der Waals surface area (Å²) in [5.74, 6) is -5.91. The third-order valence-electron chi connectivity index (χ3n) is 10.7. The van der Waals surface area contributed by atoms with Gasteiger partial charge in [-0.05, 0) is 24.3 Å². The molecular weight excluding hydrogens is 941 g/mol. The molecule has 0 bridgehead atoms. The van der Waals surface area contributed by atoms with Gasteiger partial charge in [-0.1, -0.05) is 13.2 Å². The number of hydrogen-bond donors (Lipinski definition) is 4. The second kappa shape index (κ2) is 21.1. The number of ether oxygens (including phenoxy) is 4. The van der Waals surface area contributed by atoms with Crippen molar-refractivity contribution < 1.29 is 56.3 Å². The van der Waals surface area contributed by atoms with E-state index in [1.807, 2.05) is 0 Å². The van der Waals surface area contributed by atoms with Crippen LogP contribution < -0.4 is 29.6 Å². The molecule has 2 unspecified atom stereocenters. The van der Waals surface area contributed by atoms with Gasteiger partial charge in [0.15, 0.2) is 46.3 Å². The summed E-state index contributed by atoms with van der Waals surface area (Å²) < 4.78 is 82.9. The van der Waals surface area contributed by atoms with Crippen molar-refractivity contribution in [1.82, 2.24) is 34.5 Å². The number of aryl methyl sites for hydroxylation is 2. The van der Waals surface area contributed by atoms with Gasteiger partial charge < -0.3 is 39.8 Å². The number of aliphatic hydroxyl groups is 2. The third kappa shape index (κ3) is 10.4. The molecule has 0 aliphatic carbocycles. The average Bonchev–Trinajstić information content (AvgIpc) is 4.13. The molecule has 70 heavy (non-hydrogen) atoms. The Labute approximate surface area is 400 Å². The van der Waals surface area contributed by atoms with Crippen LogP contribution in [0.5, 0.6) is 23.0 Å². The molecule has 364 valence electrons. The Kier molecular flexibility index (Phi) is 15.0. The topological polar surface area (TPSA) is 222 Å². The summed E-state index contributed by atoms with van der Waals surface area (Å²) >= 11 is 1.05. The van der Waals surface area contributed by atoms with Crippen LogP contribution in [0.1, 0.15) is 56.7 Å². The molecule has 2 aromatic carbocycles. The van der Waals surface area contributed by atoms with Crippen LogP contribution in [0.4, 0.5) is 34.6 Å². The molecule has 8 rings (SSSR count). The summed E-state index contributed by atoms with van der Waals surface area (Å²) in [4.78, 5) is 41.0. The predicted molar refractivity (Wildman–Crippen MR) is 250 cm³/mol. The molecule has 18 nitrogen and oxygen atoms in total. The monoisotopic (exact) mass is 984 g/mol.